The van der Waals surface area contributed by atoms with E-state index in [1.54, 1.807) is 20.3 Å². The minimum absolute atomic E-state index is 0.217. The molecule has 0 amide bonds. The van der Waals surface area contributed by atoms with Crippen molar-refractivity contribution in [2.45, 2.75) is 13.0 Å². The normalized spacial score (nSPS) is 12.0. The molecule has 0 aliphatic heterocycles. The molecular formula is C17H20FNO2. The van der Waals surface area contributed by atoms with Gasteiger partial charge in [-0.1, -0.05) is 17.7 Å². The summed E-state index contributed by atoms with van der Waals surface area (Å²) in [6, 6.07) is 10.2. The van der Waals surface area contributed by atoms with Crippen LogP contribution in [0.2, 0.25) is 0 Å². The summed E-state index contributed by atoms with van der Waals surface area (Å²) in [5.41, 5.74) is 2.80. The van der Waals surface area contributed by atoms with E-state index < -0.39 is 0 Å². The molecule has 0 spiro atoms. The number of nitrogens with one attached hydrogen (secondary N) is 1. The van der Waals surface area contributed by atoms with Gasteiger partial charge >= 0.3 is 0 Å². The van der Waals surface area contributed by atoms with Gasteiger partial charge in [-0.25, -0.2) is 4.39 Å². The van der Waals surface area contributed by atoms with E-state index in [-0.39, 0.29) is 11.9 Å². The third kappa shape index (κ3) is 3.16. The number of halogens is 1. The molecule has 21 heavy (non-hydrogen) atoms. The minimum atomic E-state index is -0.294. The second-order valence-corrected chi connectivity index (χ2v) is 4.85. The zero-order valence-electron chi connectivity index (χ0n) is 12.7. The topological polar surface area (TPSA) is 30.5 Å². The molecule has 1 N–H and O–H groups in total. The third-order valence-electron chi connectivity index (χ3n) is 3.49. The smallest absolute Gasteiger partial charge is 0.124 e. The van der Waals surface area contributed by atoms with Crippen molar-refractivity contribution in [1.29, 1.82) is 0 Å². The van der Waals surface area contributed by atoms with Crippen molar-refractivity contribution in [2.75, 3.05) is 21.3 Å². The van der Waals surface area contributed by atoms with Crippen molar-refractivity contribution in [2.24, 2.45) is 0 Å². The number of rotatable bonds is 5. The quantitative estimate of drug-likeness (QED) is 0.914. The van der Waals surface area contributed by atoms with Crippen molar-refractivity contribution < 1.29 is 13.9 Å². The fraction of sp³-hybridized carbons (Fsp3) is 0.294. The van der Waals surface area contributed by atoms with Crippen molar-refractivity contribution in [1.82, 2.24) is 5.32 Å². The van der Waals surface area contributed by atoms with Crippen molar-refractivity contribution in [3.8, 4) is 11.5 Å². The maximum Gasteiger partial charge on any atom is 0.124 e. The fourth-order valence-electron chi connectivity index (χ4n) is 2.49. The van der Waals surface area contributed by atoms with Gasteiger partial charge in [0.25, 0.3) is 0 Å². The van der Waals surface area contributed by atoms with Crippen LogP contribution in [-0.4, -0.2) is 21.3 Å². The van der Waals surface area contributed by atoms with Crippen molar-refractivity contribution >= 4 is 0 Å². The number of benzene rings is 2. The molecule has 0 saturated carbocycles. The second kappa shape index (κ2) is 6.59. The molecule has 4 heteroatoms. The van der Waals surface area contributed by atoms with Gasteiger partial charge in [0.15, 0.2) is 0 Å². The summed E-state index contributed by atoms with van der Waals surface area (Å²) in [7, 11) is 5.04. The summed E-state index contributed by atoms with van der Waals surface area (Å²) < 4.78 is 24.4. The maximum atomic E-state index is 13.6. The van der Waals surface area contributed by atoms with Gasteiger partial charge in [0.1, 0.15) is 17.3 Å². The minimum Gasteiger partial charge on any atom is -0.496 e. The average Bonchev–Trinajstić information content (AvgIpc) is 2.48. The van der Waals surface area contributed by atoms with E-state index in [2.05, 4.69) is 5.32 Å². The van der Waals surface area contributed by atoms with Crippen molar-refractivity contribution in [3.05, 3.63) is 58.9 Å². The third-order valence-corrected chi connectivity index (χ3v) is 3.49. The highest BCUT2D eigenvalue weighted by Crippen LogP contribution is 2.35. The number of hydrogen-bond acceptors (Lipinski definition) is 3. The van der Waals surface area contributed by atoms with Crippen LogP contribution in [0.25, 0.3) is 0 Å². The summed E-state index contributed by atoms with van der Waals surface area (Å²) in [5.74, 6) is 1.10. The van der Waals surface area contributed by atoms with E-state index >= 15 is 0 Å². The van der Waals surface area contributed by atoms with E-state index in [9.17, 15) is 4.39 Å². The van der Waals surface area contributed by atoms with Crippen LogP contribution in [0.1, 0.15) is 22.7 Å². The molecule has 1 atom stereocenters. The van der Waals surface area contributed by atoms with Crippen LogP contribution < -0.4 is 14.8 Å². The Hall–Kier alpha value is -2.07. The molecule has 2 rings (SSSR count). The van der Waals surface area contributed by atoms with Crippen LogP contribution in [0.3, 0.4) is 0 Å². The Morgan fingerprint density at radius 1 is 0.952 bits per heavy atom. The molecule has 0 bridgehead atoms. The molecule has 0 aliphatic rings. The molecule has 0 saturated heterocycles. The number of hydrogen-bond donors (Lipinski definition) is 1. The lowest BCUT2D eigenvalue weighted by atomic mass is 9.95. The first-order valence-corrected chi connectivity index (χ1v) is 6.76. The molecule has 112 valence electrons. The number of methoxy groups -OCH3 is 2. The zero-order chi connectivity index (χ0) is 15.4. The van der Waals surface area contributed by atoms with Crippen LogP contribution >= 0.6 is 0 Å². The van der Waals surface area contributed by atoms with E-state index in [0.717, 1.165) is 22.4 Å². The lowest BCUT2D eigenvalue weighted by Gasteiger charge is -2.22. The molecule has 2 aromatic rings. The van der Waals surface area contributed by atoms with Crippen LogP contribution in [0.15, 0.2) is 36.4 Å². The summed E-state index contributed by atoms with van der Waals surface area (Å²) in [5, 5.41) is 3.21. The van der Waals surface area contributed by atoms with Gasteiger partial charge in [-0.3, -0.25) is 0 Å². The first-order chi connectivity index (χ1) is 10.1. The summed E-state index contributed by atoms with van der Waals surface area (Å²) in [6.07, 6.45) is 0. The van der Waals surface area contributed by atoms with Gasteiger partial charge in [-0.15, -0.1) is 0 Å². The highest BCUT2D eigenvalue weighted by atomic mass is 19.1. The van der Waals surface area contributed by atoms with Gasteiger partial charge < -0.3 is 14.8 Å². The Morgan fingerprint density at radius 3 is 2.10 bits per heavy atom. The Labute approximate surface area is 124 Å². The lowest BCUT2D eigenvalue weighted by Crippen LogP contribution is -2.19. The summed E-state index contributed by atoms with van der Waals surface area (Å²) in [6.45, 7) is 2.01. The maximum absolute atomic E-state index is 13.6. The predicted molar refractivity (Wildman–Crippen MR) is 81.6 cm³/mol. The molecule has 2 aromatic carbocycles. The first-order valence-electron chi connectivity index (χ1n) is 6.76. The fourth-order valence-corrected chi connectivity index (χ4v) is 2.49. The molecule has 0 fully saturated rings. The molecule has 0 aromatic heterocycles. The van der Waals surface area contributed by atoms with E-state index in [0.29, 0.717) is 5.75 Å². The van der Waals surface area contributed by atoms with Crippen molar-refractivity contribution in [3.63, 3.8) is 0 Å². The zero-order valence-corrected chi connectivity index (χ0v) is 12.7. The number of ether oxygens (including phenoxy) is 2. The molecule has 0 aliphatic carbocycles. The van der Waals surface area contributed by atoms with Crippen LogP contribution in [0.4, 0.5) is 4.39 Å². The Balaban J connectivity index is 2.59. The summed E-state index contributed by atoms with van der Waals surface area (Å²) in [4.78, 5) is 0. The Bertz CT molecular complexity index is 575. The second-order valence-electron chi connectivity index (χ2n) is 4.85. The molecule has 0 radical (unpaired) electrons. The lowest BCUT2D eigenvalue weighted by molar-refractivity contribution is 0.395. The number of aryl methyl sites for hydroxylation is 1. The van der Waals surface area contributed by atoms with Crippen LogP contribution in [-0.2, 0) is 0 Å². The highest BCUT2D eigenvalue weighted by molar-refractivity contribution is 5.48. The molecule has 0 heterocycles. The largest absolute Gasteiger partial charge is 0.496 e. The van der Waals surface area contributed by atoms with E-state index in [1.807, 2.05) is 32.2 Å². The standard InChI is InChI=1S/C17H20FNO2/c1-11-5-7-15(20-3)13(9-11)17(19-2)14-10-12(18)6-8-16(14)21-4/h5-10,17,19H,1-4H3. The average molecular weight is 289 g/mol. The van der Waals surface area contributed by atoms with Gasteiger partial charge in [-0.2, -0.15) is 0 Å². The monoisotopic (exact) mass is 289 g/mol. The van der Waals surface area contributed by atoms with Gasteiger partial charge in [0.2, 0.25) is 0 Å². The highest BCUT2D eigenvalue weighted by Gasteiger charge is 2.21. The van der Waals surface area contributed by atoms with Gasteiger partial charge in [0, 0.05) is 11.1 Å². The first kappa shape index (κ1) is 15.3. The van der Waals surface area contributed by atoms with Crippen LogP contribution in [0, 0.1) is 12.7 Å². The molecular weight excluding hydrogens is 269 g/mol. The SMILES string of the molecule is CNC(c1cc(C)ccc1OC)c1cc(F)ccc1OC. The molecule has 1 unspecified atom stereocenters. The van der Waals surface area contributed by atoms with Gasteiger partial charge in [-0.05, 0) is 38.2 Å². The Morgan fingerprint density at radius 2 is 1.52 bits per heavy atom. The predicted octanol–water partition coefficient (Wildman–Crippen LogP) is 3.46. The van der Waals surface area contributed by atoms with E-state index in [4.69, 9.17) is 9.47 Å². The van der Waals surface area contributed by atoms with E-state index in [1.165, 1.54) is 12.1 Å². The van der Waals surface area contributed by atoms with Crippen LogP contribution in [0.5, 0.6) is 11.5 Å². The van der Waals surface area contributed by atoms with Gasteiger partial charge in [0.05, 0.1) is 20.3 Å². The molecule has 3 nitrogen and oxygen atoms in total. The Kier molecular flexibility index (Phi) is 4.81. The summed E-state index contributed by atoms with van der Waals surface area (Å²) >= 11 is 0.